The van der Waals surface area contributed by atoms with Gasteiger partial charge in [-0.1, -0.05) is 74.9 Å². The second-order valence-corrected chi connectivity index (χ2v) is 7.01. The van der Waals surface area contributed by atoms with Crippen LogP contribution in [-0.4, -0.2) is 0 Å². The molecule has 0 aliphatic rings. The van der Waals surface area contributed by atoms with Gasteiger partial charge >= 0.3 is 0 Å². The molecule has 2 rings (SSSR count). The molecule has 0 aromatic heterocycles. The van der Waals surface area contributed by atoms with Crippen LogP contribution in [0.2, 0.25) is 0 Å². The van der Waals surface area contributed by atoms with Crippen molar-refractivity contribution in [3.05, 3.63) is 70.8 Å². The van der Waals surface area contributed by atoms with E-state index in [1.165, 1.54) is 22.3 Å². The van der Waals surface area contributed by atoms with Gasteiger partial charge in [-0.15, -0.1) is 0 Å². The van der Waals surface area contributed by atoms with Crippen LogP contribution in [0.3, 0.4) is 0 Å². The number of rotatable bonds is 4. The Bertz CT molecular complexity index is 576. The zero-order valence-corrected chi connectivity index (χ0v) is 13.7. The molecule has 1 nitrogen and oxygen atoms in total. The molecule has 0 aliphatic carbocycles. The van der Waals surface area contributed by atoms with Crippen LogP contribution in [0.5, 0.6) is 0 Å². The Morgan fingerprint density at radius 2 is 1.67 bits per heavy atom. The van der Waals surface area contributed by atoms with E-state index in [1.54, 1.807) is 0 Å². The van der Waals surface area contributed by atoms with Gasteiger partial charge in [-0.2, -0.15) is 0 Å². The number of hydrogen-bond donors (Lipinski definition) is 1. The Hall–Kier alpha value is -1.60. The molecule has 21 heavy (non-hydrogen) atoms. The molecule has 1 heteroatoms. The van der Waals surface area contributed by atoms with Crippen LogP contribution in [0.15, 0.2) is 48.5 Å². The highest BCUT2D eigenvalue weighted by atomic mass is 14.6. The fourth-order valence-corrected chi connectivity index (χ4v) is 2.59. The molecule has 0 fully saturated rings. The Balaban J connectivity index is 1.99. The zero-order valence-electron chi connectivity index (χ0n) is 13.7. The average Bonchev–Trinajstić information content (AvgIpc) is 2.44. The van der Waals surface area contributed by atoms with Gasteiger partial charge in [-0.25, -0.2) is 0 Å². The van der Waals surface area contributed by atoms with Crippen LogP contribution in [0, 0.1) is 6.92 Å². The van der Waals surface area contributed by atoms with Gasteiger partial charge in [0.15, 0.2) is 0 Å². The lowest BCUT2D eigenvalue weighted by Gasteiger charge is -2.20. The zero-order chi connectivity index (χ0) is 15.5. The molecule has 112 valence electrons. The SMILES string of the molecule is Cc1cccc(CCC(N)c2ccc(C(C)(C)C)cc2)c1. The molecule has 2 aromatic carbocycles. The number of nitrogens with two attached hydrogens (primary N) is 1. The molecule has 0 heterocycles. The lowest BCUT2D eigenvalue weighted by atomic mass is 9.86. The average molecular weight is 281 g/mol. The molecule has 0 amide bonds. The highest BCUT2D eigenvalue weighted by molar-refractivity contribution is 5.29. The molecule has 0 saturated carbocycles. The van der Waals surface area contributed by atoms with Crippen LogP contribution in [-0.2, 0) is 11.8 Å². The van der Waals surface area contributed by atoms with Gasteiger partial charge in [-0.3, -0.25) is 0 Å². The fourth-order valence-electron chi connectivity index (χ4n) is 2.59. The van der Waals surface area contributed by atoms with Crippen molar-refractivity contribution in [2.45, 2.75) is 52.0 Å². The summed E-state index contributed by atoms with van der Waals surface area (Å²) in [6.07, 6.45) is 2.02. The van der Waals surface area contributed by atoms with Crippen molar-refractivity contribution in [2.24, 2.45) is 5.73 Å². The van der Waals surface area contributed by atoms with E-state index < -0.39 is 0 Å². The third-order valence-corrected chi connectivity index (χ3v) is 4.03. The van der Waals surface area contributed by atoms with E-state index in [4.69, 9.17) is 5.73 Å². The summed E-state index contributed by atoms with van der Waals surface area (Å²) in [4.78, 5) is 0. The second-order valence-electron chi connectivity index (χ2n) is 7.01. The van der Waals surface area contributed by atoms with Crippen LogP contribution in [0.25, 0.3) is 0 Å². The van der Waals surface area contributed by atoms with E-state index in [1.807, 2.05) is 0 Å². The molecule has 2 N–H and O–H groups in total. The molecule has 0 bridgehead atoms. The van der Waals surface area contributed by atoms with E-state index in [-0.39, 0.29) is 11.5 Å². The molecule has 2 aromatic rings. The molecular formula is C20H27N. The van der Waals surface area contributed by atoms with Crippen molar-refractivity contribution in [3.63, 3.8) is 0 Å². The van der Waals surface area contributed by atoms with E-state index in [9.17, 15) is 0 Å². The minimum absolute atomic E-state index is 0.111. The van der Waals surface area contributed by atoms with E-state index in [0.29, 0.717) is 0 Å². The van der Waals surface area contributed by atoms with Crippen molar-refractivity contribution in [1.82, 2.24) is 0 Å². The van der Waals surface area contributed by atoms with Crippen LogP contribution in [0.4, 0.5) is 0 Å². The Morgan fingerprint density at radius 3 is 2.24 bits per heavy atom. The van der Waals surface area contributed by atoms with Crippen molar-refractivity contribution in [1.29, 1.82) is 0 Å². The summed E-state index contributed by atoms with van der Waals surface area (Å²) in [6.45, 7) is 8.84. The normalized spacial score (nSPS) is 13.2. The van der Waals surface area contributed by atoms with Gasteiger partial charge in [0.1, 0.15) is 0 Å². The Morgan fingerprint density at radius 1 is 1.00 bits per heavy atom. The molecule has 0 radical (unpaired) electrons. The molecule has 1 unspecified atom stereocenters. The predicted octanol–water partition coefficient (Wildman–Crippen LogP) is 4.93. The highest BCUT2D eigenvalue weighted by Crippen LogP contribution is 2.24. The fraction of sp³-hybridized carbons (Fsp3) is 0.400. The second kappa shape index (κ2) is 6.44. The summed E-state index contributed by atoms with van der Waals surface area (Å²) in [7, 11) is 0. The largest absolute Gasteiger partial charge is 0.324 e. The highest BCUT2D eigenvalue weighted by Gasteiger charge is 2.14. The van der Waals surface area contributed by atoms with Crippen LogP contribution >= 0.6 is 0 Å². The summed E-state index contributed by atoms with van der Waals surface area (Å²) in [5.74, 6) is 0. The van der Waals surface area contributed by atoms with E-state index in [2.05, 4.69) is 76.2 Å². The molecule has 0 aliphatic heterocycles. The first kappa shape index (κ1) is 15.8. The molecule has 0 saturated heterocycles. The van der Waals surface area contributed by atoms with Crippen LogP contribution in [0.1, 0.15) is 55.5 Å². The maximum Gasteiger partial charge on any atom is 0.0298 e. The maximum atomic E-state index is 6.34. The third kappa shape index (κ3) is 4.44. The van der Waals surface area contributed by atoms with Crippen molar-refractivity contribution in [3.8, 4) is 0 Å². The maximum absolute atomic E-state index is 6.34. The van der Waals surface area contributed by atoms with E-state index in [0.717, 1.165) is 12.8 Å². The number of hydrogen-bond acceptors (Lipinski definition) is 1. The first-order chi connectivity index (χ1) is 9.86. The van der Waals surface area contributed by atoms with Gasteiger partial charge in [0.2, 0.25) is 0 Å². The molecule has 0 spiro atoms. The summed E-state index contributed by atoms with van der Waals surface area (Å²) >= 11 is 0. The van der Waals surface area contributed by atoms with Gasteiger partial charge in [0, 0.05) is 6.04 Å². The Labute approximate surface area is 129 Å². The topological polar surface area (TPSA) is 26.0 Å². The Kier molecular flexibility index (Phi) is 4.84. The minimum atomic E-state index is 0.111. The third-order valence-electron chi connectivity index (χ3n) is 4.03. The van der Waals surface area contributed by atoms with Gasteiger partial charge in [0.05, 0.1) is 0 Å². The monoisotopic (exact) mass is 281 g/mol. The smallest absolute Gasteiger partial charge is 0.0298 e. The van der Waals surface area contributed by atoms with Crippen molar-refractivity contribution in [2.75, 3.05) is 0 Å². The summed E-state index contributed by atoms with van der Waals surface area (Å²) in [6, 6.07) is 17.6. The summed E-state index contributed by atoms with van der Waals surface area (Å²) in [5, 5.41) is 0. The first-order valence-corrected chi connectivity index (χ1v) is 7.78. The summed E-state index contributed by atoms with van der Waals surface area (Å²) < 4.78 is 0. The quantitative estimate of drug-likeness (QED) is 0.845. The van der Waals surface area contributed by atoms with Gasteiger partial charge < -0.3 is 5.73 Å². The van der Waals surface area contributed by atoms with Crippen molar-refractivity contribution < 1.29 is 0 Å². The number of benzene rings is 2. The van der Waals surface area contributed by atoms with Gasteiger partial charge in [-0.05, 0) is 41.9 Å². The lowest BCUT2D eigenvalue weighted by molar-refractivity contribution is 0.588. The minimum Gasteiger partial charge on any atom is -0.324 e. The first-order valence-electron chi connectivity index (χ1n) is 7.78. The molecular weight excluding hydrogens is 254 g/mol. The molecule has 1 atom stereocenters. The predicted molar refractivity (Wildman–Crippen MR) is 91.6 cm³/mol. The van der Waals surface area contributed by atoms with Crippen LogP contribution < -0.4 is 5.73 Å². The van der Waals surface area contributed by atoms with Gasteiger partial charge in [0.25, 0.3) is 0 Å². The van der Waals surface area contributed by atoms with E-state index >= 15 is 0 Å². The number of aryl methyl sites for hydroxylation is 2. The standard InChI is InChI=1S/C20H27N/c1-15-6-5-7-16(14-15)8-13-19(21)17-9-11-18(12-10-17)20(2,3)4/h5-7,9-12,14,19H,8,13,21H2,1-4H3. The lowest BCUT2D eigenvalue weighted by Crippen LogP contribution is -2.14. The van der Waals surface area contributed by atoms with Crippen molar-refractivity contribution >= 4 is 0 Å². The summed E-state index contributed by atoms with van der Waals surface area (Å²) in [5.41, 5.74) is 11.8.